The van der Waals surface area contributed by atoms with Crippen LogP contribution in [0.2, 0.25) is 0 Å². The molecule has 0 bridgehead atoms. The van der Waals surface area contributed by atoms with E-state index in [1.54, 1.807) is 12.1 Å². The maximum atomic E-state index is 11.9. The monoisotopic (exact) mass is 306 g/mol. The van der Waals surface area contributed by atoms with Gasteiger partial charge in [-0.05, 0) is 32.0 Å². The summed E-state index contributed by atoms with van der Waals surface area (Å²) in [5, 5.41) is 14.9. The van der Waals surface area contributed by atoms with Gasteiger partial charge in [0.15, 0.2) is 0 Å². The minimum absolute atomic E-state index is 0.0724. The minimum Gasteiger partial charge on any atom is -0.480 e. The highest BCUT2D eigenvalue weighted by atomic mass is 16.4. The zero-order valence-electron chi connectivity index (χ0n) is 13.4. The Labute approximate surface area is 132 Å². The zero-order valence-corrected chi connectivity index (χ0v) is 13.4. The third-order valence-corrected chi connectivity index (χ3v) is 3.44. The van der Waals surface area contributed by atoms with Gasteiger partial charge in [-0.2, -0.15) is 0 Å². The molecular formula is C17H26N2O3. The van der Waals surface area contributed by atoms with Crippen molar-refractivity contribution in [1.29, 1.82) is 0 Å². The van der Waals surface area contributed by atoms with Gasteiger partial charge in [-0.1, -0.05) is 43.9 Å². The number of hydrogen-bond acceptors (Lipinski definition) is 3. The van der Waals surface area contributed by atoms with E-state index in [0.29, 0.717) is 12.2 Å². The molecule has 0 heterocycles. The number of carboxylic acids is 1. The van der Waals surface area contributed by atoms with E-state index in [-0.39, 0.29) is 12.3 Å². The Bertz CT molecular complexity index is 471. The average molecular weight is 306 g/mol. The lowest BCUT2D eigenvalue weighted by Gasteiger charge is -2.14. The van der Waals surface area contributed by atoms with Crippen LogP contribution >= 0.6 is 0 Å². The first-order chi connectivity index (χ1) is 10.5. The number of unbranched alkanes of at least 4 members (excludes halogenated alkanes) is 3. The quantitative estimate of drug-likeness (QED) is 0.581. The zero-order chi connectivity index (χ0) is 16.4. The van der Waals surface area contributed by atoms with Crippen molar-refractivity contribution in [1.82, 2.24) is 5.32 Å². The van der Waals surface area contributed by atoms with Gasteiger partial charge in [0.1, 0.15) is 6.04 Å². The second kappa shape index (κ2) is 9.95. The van der Waals surface area contributed by atoms with Crippen molar-refractivity contribution in [3.63, 3.8) is 0 Å². The molecule has 1 rings (SSSR count). The largest absolute Gasteiger partial charge is 0.480 e. The number of rotatable bonds is 10. The Hall–Kier alpha value is -1.88. The van der Waals surface area contributed by atoms with Crippen LogP contribution in [0.4, 0.5) is 5.69 Å². The Kier molecular flexibility index (Phi) is 8.22. The fraction of sp³-hybridized carbons (Fsp3) is 0.529. The van der Waals surface area contributed by atoms with Gasteiger partial charge in [-0.15, -0.1) is 0 Å². The van der Waals surface area contributed by atoms with Crippen LogP contribution in [0.5, 0.6) is 0 Å². The summed E-state index contributed by atoms with van der Waals surface area (Å²) in [6.45, 7) is 4.71. The number of carboxylic acid groups (broad SMARTS) is 1. The van der Waals surface area contributed by atoms with E-state index >= 15 is 0 Å². The maximum absolute atomic E-state index is 11.9. The number of nitrogens with one attached hydrogen (secondary N) is 2. The van der Waals surface area contributed by atoms with Crippen molar-refractivity contribution < 1.29 is 14.7 Å². The summed E-state index contributed by atoms with van der Waals surface area (Å²) in [6.07, 6.45) is 4.22. The summed E-state index contributed by atoms with van der Waals surface area (Å²) in [5.74, 6) is -1.29. The van der Waals surface area contributed by atoms with Gasteiger partial charge in [0.05, 0.1) is 6.42 Å². The first kappa shape index (κ1) is 18.2. The van der Waals surface area contributed by atoms with E-state index in [4.69, 9.17) is 0 Å². The number of benzene rings is 1. The van der Waals surface area contributed by atoms with Gasteiger partial charge in [0.2, 0.25) is 5.91 Å². The van der Waals surface area contributed by atoms with Gasteiger partial charge in [0, 0.05) is 5.69 Å². The fourth-order valence-corrected chi connectivity index (χ4v) is 2.11. The lowest BCUT2D eigenvalue weighted by Crippen LogP contribution is -2.40. The molecule has 3 N–H and O–H groups in total. The lowest BCUT2D eigenvalue weighted by atomic mass is 10.1. The van der Waals surface area contributed by atoms with Crippen LogP contribution in [0.25, 0.3) is 0 Å². The number of aryl methyl sites for hydroxylation is 1. The highest BCUT2D eigenvalue weighted by molar-refractivity contribution is 5.94. The van der Waals surface area contributed by atoms with Crippen molar-refractivity contribution in [3.8, 4) is 0 Å². The molecule has 0 aliphatic rings. The Morgan fingerprint density at radius 3 is 2.41 bits per heavy atom. The second-order valence-corrected chi connectivity index (χ2v) is 5.52. The van der Waals surface area contributed by atoms with Crippen molar-refractivity contribution >= 4 is 17.6 Å². The van der Waals surface area contributed by atoms with Crippen LogP contribution in [0.1, 0.15) is 44.6 Å². The normalized spacial score (nSPS) is 11.9. The first-order valence-corrected chi connectivity index (χ1v) is 7.85. The molecule has 1 amide bonds. The van der Waals surface area contributed by atoms with Crippen molar-refractivity contribution in [2.45, 2.75) is 52.0 Å². The van der Waals surface area contributed by atoms with Gasteiger partial charge >= 0.3 is 5.97 Å². The fourth-order valence-electron chi connectivity index (χ4n) is 2.11. The van der Waals surface area contributed by atoms with Gasteiger partial charge in [-0.25, -0.2) is 0 Å². The number of carbonyl (C=O) groups excluding carboxylic acids is 1. The van der Waals surface area contributed by atoms with Crippen LogP contribution in [0.15, 0.2) is 24.3 Å². The summed E-state index contributed by atoms with van der Waals surface area (Å²) in [7, 11) is 0. The van der Waals surface area contributed by atoms with E-state index in [0.717, 1.165) is 31.2 Å². The third-order valence-electron chi connectivity index (χ3n) is 3.44. The van der Waals surface area contributed by atoms with Crippen molar-refractivity contribution in [2.24, 2.45) is 0 Å². The number of anilines is 1. The highest BCUT2D eigenvalue weighted by Crippen LogP contribution is 2.09. The Balaban J connectivity index is 2.39. The average Bonchev–Trinajstić information content (AvgIpc) is 2.48. The molecule has 0 saturated carbocycles. The molecule has 5 nitrogen and oxygen atoms in total. The van der Waals surface area contributed by atoms with Gasteiger partial charge < -0.3 is 15.7 Å². The summed E-state index contributed by atoms with van der Waals surface area (Å²) in [6, 6.07) is 6.57. The van der Waals surface area contributed by atoms with Crippen molar-refractivity contribution in [2.75, 3.05) is 11.9 Å². The number of carbonyl (C=O) groups is 2. The highest BCUT2D eigenvalue weighted by Gasteiger charge is 2.20. The summed E-state index contributed by atoms with van der Waals surface area (Å²) in [4.78, 5) is 23.1. The molecule has 0 aliphatic carbocycles. The smallest absolute Gasteiger partial charge is 0.321 e. The molecule has 22 heavy (non-hydrogen) atoms. The molecule has 0 radical (unpaired) electrons. The standard InChI is InChI=1S/C17H26N2O3/c1-3-4-5-6-11-18-15(17(21)22)12-16(20)19-14-9-7-13(2)8-10-14/h7-10,15,18H,3-6,11-12H2,1-2H3,(H,19,20)(H,21,22). The Morgan fingerprint density at radius 2 is 1.82 bits per heavy atom. The molecule has 0 spiro atoms. The molecule has 1 atom stereocenters. The van der Waals surface area contributed by atoms with Crippen LogP contribution in [-0.4, -0.2) is 29.6 Å². The van der Waals surface area contributed by atoms with E-state index in [1.165, 1.54) is 0 Å². The van der Waals surface area contributed by atoms with Crippen LogP contribution < -0.4 is 10.6 Å². The van der Waals surface area contributed by atoms with E-state index in [9.17, 15) is 14.7 Å². The SMILES string of the molecule is CCCCCCNC(CC(=O)Nc1ccc(C)cc1)C(=O)O. The van der Waals surface area contributed by atoms with Crippen molar-refractivity contribution in [3.05, 3.63) is 29.8 Å². The lowest BCUT2D eigenvalue weighted by molar-refractivity contribution is -0.141. The topological polar surface area (TPSA) is 78.4 Å². The molecule has 0 aliphatic heterocycles. The summed E-state index contributed by atoms with van der Waals surface area (Å²) >= 11 is 0. The molecule has 0 aromatic heterocycles. The van der Waals surface area contributed by atoms with Crippen LogP contribution in [0, 0.1) is 6.92 Å². The molecule has 0 saturated heterocycles. The summed E-state index contributed by atoms with van der Waals surface area (Å²) < 4.78 is 0. The number of hydrogen-bond donors (Lipinski definition) is 3. The molecule has 0 fully saturated rings. The number of aliphatic carboxylic acids is 1. The molecule has 5 heteroatoms. The molecular weight excluding hydrogens is 280 g/mol. The van der Waals surface area contributed by atoms with Gasteiger partial charge in [0.25, 0.3) is 0 Å². The first-order valence-electron chi connectivity index (χ1n) is 7.85. The van der Waals surface area contributed by atoms with E-state index in [1.807, 2.05) is 19.1 Å². The maximum Gasteiger partial charge on any atom is 0.321 e. The second-order valence-electron chi connectivity index (χ2n) is 5.52. The minimum atomic E-state index is -0.991. The predicted molar refractivity (Wildman–Crippen MR) is 88.0 cm³/mol. The van der Waals surface area contributed by atoms with Crippen LogP contribution in [0.3, 0.4) is 0 Å². The molecule has 122 valence electrons. The van der Waals surface area contributed by atoms with E-state index < -0.39 is 12.0 Å². The molecule has 1 aromatic carbocycles. The van der Waals surface area contributed by atoms with Crippen LogP contribution in [-0.2, 0) is 9.59 Å². The molecule has 1 unspecified atom stereocenters. The van der Waals surface area contributed by atoms with E-state index in [2.05, 4.69) is 17.6 Å². The van der Waals surface area contributed by atoms with Gasteiger partial charge in [-0.3, -0.25) is 9.59 Å². The number of amides is 1. The summed E-state index contributed by atoms with van der Waals surface area (Å²) in [5.41, 5.74) is 1.79. The predicted octanol–water partition coefficient (Wildman–Crippen LogP) is 2.95. The molecule has 1 aromatic rings. The Morgan fingerprint density at radius 1 is 1.14 bits per heavy atom. The third kappa shape index (κ3) is 7.22.